The van der Waals surface area contributed by atoms with Gasteiger partial charge in [-0.15, -0.1) is 0 Å². The molecule has 0 bridgehead atoms. The predicted octanol–water partition coefficient (Wildman–Crippen LogP) is 5.23. The summed E-state index contributed by atoms with van der Waals surface area (Å²) in [6.45, 7) is 0. The number of benzene rings is 1. The first-order valence-corrected chi connectivity index (χ1v) is 6.24. The van der Waals surface area contributed by atoms with Crippen molar-refractivity contribution in [1.29, 1.82) is 5.26 Å². The Morgan fingerprint density at radius 2 is 1.56 bits per heavy atom. The lowest BCUT2D eigenvalue weighted by molar-refractivity contribution is 1.30. The summed E-state index contributed by atoms with van der Waals surface area (Å²) in [4.78, 5) is 3.93. The van der Waals surface area contributed by atoms with Crippen molar-refractivity contribution in [1.82, 2.24) is 4.98 Å². The van der Waals surface area contributed by atoms with Crippen LogP contribution in [0.4, 0.5) is 0 Å². The molecule has 0 radical (unpaired) electrons. The normalized spacial score (nSPS) is 10.2. The zero-order valence-corrected chi connectivity index (χ0v) is 11.7. The Kier molecular flexibility index (Phi) is 3.99. The molecular weight excluding hydrogens is 314 g/mol. The molecule has 0 saturated heterocycles. The van der Waals surface area contributed by atoms with E-state index in [-0.39, 0.29) is 10.7 Å². The molecule has 0 N–H and O–H groups in total. The minimum Gasteiger partial charge on any atom is -0.243 e. The van der Waals surface area contributed by atoms with Gasteiger partial charge in [0.2, 0.25) is 0 Å². The Morgan fingerprint density at radius 1 is 0.944 bits per heavy atom. The van der Waals surface area contributed by atoms with E-state index in [1.165, 1.54) is 0 Å². The summed E-state index contributed by atoms with van der Waals surface area (Å²) in [6, 6.07) is 6.89. The van der Waals surface area contributed by atoms with Crippen molar-refractivity contribution in [3.8, 4) is 17.2 Å². The van der Waals surface area contributed by atoms with Crippen LogP contribution in [0.2, 0.25) is 20.2 Å². The van der Waals surface area contributed by atoms with Gasteiger partial charge in [-0.3, -0.25) is 0 Å². The lowest BCUT2D eigenvalue weighted by atomic mass is 10.1. The van der Waals surface area contributed by atoms with Crippen molar-refractivity contribution < 1.29 is 0 Å². The summed E-state index contributed by atoms with van der Waals surface area (Å²) in [5.74, 6) is 0. The standard InChI is InChI=1S/C12H4Cl4N2/c13-9-2-6(3-10(14)11(9)15)8-1-7(4-17)12(16)18-5-8/h1-3,5H. The minimum absolute atomic E-state index is 0.160. The second-order valence-electron chi connectivity index (χ2n) is 3.43. The number of rotatable bonds is 1. The van der Waals surface area contributed by atoms with Gasteiger partial charge in [0.15, 0.2) is 0 Å². The van der Waals surface area contributed by atoms with Crippen molar-refractivity contribution >= 4 is 46.4 Å². The molecule has 90 valence electrons. The van der Waals surface area contributed by atoms with E-state index in [4.69, 9.17) is 51.7 Å². The highest BCUT2D eigenvalue weighted by atomic mass is 35.5. The number of hydrogen-bond donors (Lipinski definition) is 0. The van der Waals surface area contributed by atoms with Crippen molar-refractivity contribution in [2.24, 2.45) is 0 Å². The maximum atomic E-state index is 8.90. The van der Waals surface area contributed by atoms with Gasteiger partial charge in [0, 0.05) is 11.8 Å². The predicted molar refractivity (Wildman–Crippen MR) is 74.4 cm³/mol. The maximum absolute atomic E-state index is 8.90. The zero-order chi connectivity index (χ0) is 13.3. The maximum Gasteiger partial charge on any atom is 0.146 e. The van der Waals surface area contributed by atoms with Crippen molar-refractivity contribution in [3.63, 3.8) is 0 Å². The molecule has 0 aliphatic rings. The lowest BCUT2D eigenvalue weighted by Gasteiger charge is -2.06. The van der Waals surface area contributed by atoms with E-state index in [2.05, 4.69) is 4.98 Å². The number of hydrogen-bond acceptors (Lipinski definition) is 2. The number of nitriles is 1. The summed E-state index contributed by atoms with van der Waals surface area (Å²) in [6.07, 6.45) is 1.54. The van der Waals surface area contributed by atoms with E-state index >= 15 is 0 Å². The van der Waals surface area contributed by atoms with Gasteiger partial charge in [-0.1, -0.05) is 46.4 Å². The van der Waals surface area contributed by atoms with Crippen LogP contribution in [0.15, 0.2) is 24.4 Å². The van der Waals surface area contributed by atoms with Crippen molar-refractivity contribution in [3.05, 3.63) is 50.2 Å². The third-order valence-electron chi connectivity index (χ3n) is 2.28. The molecule has 2 rings (SSSR count). The smallest absolute Gasteiger partial charge is 0.146 e. The number of pyridine rings is 1. The Morgan fingerprint density at radius 3 is 2.11 bits per heavy atom. The molecule has 1 aromatic carbocycles. The molecule has 0 aliphatic carbocycles. The summed E-state index contributed by atoms with van der Waals surface area (Å²) in [5.41, 5.74) is 1.70. The quantitative estimate of drug-likeness (QED) is 0.533. The van der Waals surface area contributed by atoms with E-state index in [1.54, 1.807) is 24.4 Å². The second kappa shape index (κ2) is 5.34. The van der Waals surface area contributed by atoms with Gasteiger partial charge in [0.05, 0.1) is 20.6 Å². The number of nitrogens with zero attached hydrogens (tertiary/aromatic N) is 2. The van der Waals surface area contributed by atoms with Crippen LogP contribution in [-0.2, 0) is 0 Å². The highest BCUT2D eigenvalue weighted by Gasteiger charge is 2.09. The van der Waals surface area contributed by atoms with E-state index in [0.717, 1.165) is 5.56 Å². The van der Waals surface area contributed by atoms with Crippen LogP contribution in [0, 0.1) is 11.3 Å². The molecule has 0 spiro atoms. The first-order chi connectivity index (χ1) is 8.52. The van der Waals surface area contributed by atoms with Gasteiger partial charge < -0.3 is 0 Å². The van der Waals surface area contributed by atoms with Crippen molar-refractivity contribution in [2.45, 2.75) is 0 Å². The SMILES string of the molecule is N#Cc1cc(-c2cc(Cl)c(Cl)c(Cl)c2)cnc1Cl. The van der Waals surface area contributed by atoms with Gasteiger partial charge in [0.1, 0.15) is 11.2 Å². The fourth-order valence-electron chi connectivity index (χ4n) is 1.41. The first-order valence-electron chi connectivity index (χ1n) is 4.73. The molecule has 1 heterocycles. The topological polar surface area (TPSA) is 36.7 Å². The Labute approximate surface area is 124 Å². The molecule has 6 heteroatoms. The second-order valence-corrected chi connectivity index (χ2v) is 4.98. The zero-order valence-electron chi connectivity index (χ0n) is 8.72. The van der Waals surface area contributed by atoms with Gasteiger partial charge in [-0.05, 0) is 23.8 Å². The van der Waals surface area contributed by atoms with E-state index in [1.807, 2.05) is 6.07 Å². The Balaban J connectivity index is 2.60. The van der Waals surface area contributed by atoms with Crippen LogP contribution in [-0.4, -0.2) is 4.98 Å². The molecule has 0 unspecified atom stereocenters. The molecule has 2 nitrogen and oxygen atoms in total. The van der Waals surface area contributed by atoms with Gasteiger partial charge in [-0.25, -0.2) is 4.98 Å². The minimum atomic E-state index is 0.160. The highest BCUT2D eigenvalue weighted by Crippen LogP contribution is 2.35. The molecular formula is C12H4Cl4N2. The van der Waals surface area contributed by atoms with Crippen LogP contribution in [0.1, 0.15) is 5.56 Å². The van der Waals surface area contributed by atoms with E-state index in [0.29, 0.717) is 20.6 Å². The Bertz CT molecular complexity index is 639. The van der Waals surface area contributed by atoms with Crippen LogP contribution < -0.4 is 0 Å². The molecule has 0 atom stereocenters. The average molecular weight is 318 g/mol. The molecule has 0 amide bonds. The van der Waals surface area contributed by atoms with Crippen LogP contribution in [0.5, 0.6) is 0 Å². The third-order valence-corrected chi connectivity index (χ3v) is 3.77. The molecule has 18 heavy (non-hydrogen) atoms. The van der Waals surface area contributed by atoms with E-state index in [9.17, 15) is 0 Å². The average Bonchev–Trinajstić information content (AvgIpc) is 2.36. The molecule has 0 aliphatic heterocycles. The fraction of sp³-hybridized carbons (Fsp3) is 0. The van der Waals surface area contributed by atoms with Crippen molar-refractivity contribution in [2.75, 3.05) is 0 Å². The summed E-state index contributed by atoms with van der Waals surface area (Å²) in [5, 5.41) is 10.0. The monoisotopic (exact) mass is 316 g/mol. The lowest BCUT2D eigenvalue weighted by Crippen LogP contribution is -1.86. The van der Waals surface area contributed by atoms with Crippen LogP contribution in [0.25, 0.3) is 11.1 Å². The summed E-state index contributed by atoms with van der Waals surface area (Å²) >= 11 is 23.5. The first kappa shape index (κ1) is 13.5. The fourth-order valence-corrected chi connectivity index (χ4v) is 2.15. The summed E-state index contributed by atoms with van der Waals surface area (Å²) in [7, 11) is 0. The largest absolute Gasteiger partial charge is 0.243 e. The van der Waals surface area contributed by atoms with Gasteiger partial charge >= 0.3 is 0 Å². The van der Waals surface area contributed by atoms with Crippen LogP contribution >= 0.6 is 46.4 Å². The molecule has 0 saturated carbocycles. The summed E-state index contributed by atoms with van der Waals surface area (Å²) < 4.78 is 0. The molecule has 0 fully saturated rings. The van der Waals surface area contributed by atoms with Gasteiger partial charge in [-0.2, -0.15) is 5.26 Å². The molecule has 1 aromatic heterocycles. The third kappa shape index (κ3) is 2.55. The van der Waals surface area contributed by atoms with Gasteiger partial charge in [0.25, 0.3) is 0 Å². The van der Waals surface area contributed by atoms with E-state index < -0.39 is 0 Å². The number of halogens is 4. The number of aromatic nitrogens is 1. The Hall–Kier alpha value is -0.980. The molecule has 2 aromatic rings. The highest BCUT2D eigenvalue weighted by molar-refractivity contribution is 6.48. The van der Waals surface area contributed by atoms with Crippen LogP contribution in [0.3, 0.4) is 0 Å².